The molecule has 0 spiro atoms. The summed E-state index contributed by atoms with van der Waals surface area (Å²) in [5.74, 6) is 2.25. The number of halogens is 1. The van der Waals surface area contributed by atoms with Gasteiger partial charge in [-0.25, -0.2) is 9.78 Å². The molecule has 1 N–H and O–H groups in total. The minimum Gasteiger partial charge on any atom is -0.494 e. The highest BCUT2D eigenvalue weighted by Gasteiger charge is 2.30. The summed E-state index contributed by atoms with van der Waals surface area (Å²) < 4.78 is 13.6. The molecule has 1 aromatic carbocycles. The summed E-state index contributed by atoms with van der Waals surface area (Å²) in [6.07, 6.45) is 4.36. The number of piperidine rings is 1. The maximum atomic E-state index is 12.7. The second-order valence-corrected chi connectivity index (χ2v) is 13.6. The molecule has 0 aliphatic carbocycles. The van der Waals surface area contributed by atoms with Crippen LogP contribution < -0.4 is 15.6 Å². The number of benzene rings is 1. The second kappa shape index (κ2) is 12.1. The second-order valence-electron chi connectivity index (χ2n) is 11.9. The smallest absolute Gasteiger partial charge is 0.410 e. The summed E-state index contributed by atoms with van der Waals surface area (Å²) >= 11 is 4.90. The van der Waals surface area contributed by atoms with Crippen LogP contribution in [0.5, 0.6) is 5.75 Å². The normalized spacial score (nSPS) is 22.0. The van der Waals surface area contributed by atoms with Crippen molar-refractivity contribution in [3.05, 3.63) is 56.2 Å². The van der Waals surface area contributed by atoms with Crippen LogP contribution in [0.25, 0.3) is 4.96 Å². The van der Waals surface area contributed by atoms with Gasteiger partial charge in [0.1, 0.15) is 21.6 Å². The van der Waals surface area contributed by atoms with Gasteiger partial charge in [-0.2, -0.15) is 0 Å². The van der Waals surface area contributed by atoms with Crippen LogP contribution in [-0.2, 0) is 4.74 Å². The Morgan fingerprint density at radius 1 is 1.20 bits per heavy atom. The van der Waals surface area contributed by atoms with Gasteiger partial charge in [-0.3, -0.25) is 9.20 Å². The zero-order valence-corrected chi connectivity index (χ0v) is 26.0. The van der Waals surface area contributed by atoms with E-state index in [1.165, 1.54) is 16.9 Å². The van der Waals surface area contributed by atoms with Gasteiger partial charge >= 0.3 is 6.09 Å². The Bertz CT molecular complexity index is 1390. The van der Waals surface area contributed by atoms with E-state index in [1.54, 1.807) is 10.6 Å². The van der Waals surface area contributed by atoms with Crippen LogP contribution in [0.15, 0.2) is 45.1 Å². The fourth-order valence-electron chi connectivity index (χ4n) is 5.55. The maximum Gasteiger partial charge on any atom is 0.410 e. The molecule has 5 rings (SSSR count). The van der Waals surface area contributed by atoms with Gasteiger partial charge in [0.15, 0.2) is 4.96 Å². The van der Waals surface area contributed by atoms with Crippen molar-refractivity contribution < 1.29 is 14.3 Å². The number of carbonyl (C=O) groups is 1. The van der Waals surface area contributed by atoms with Crippen molar-refractivity contribution in [2.75, 3.05) is 45.2 Å². The third-order valence-corrected chi connectivity index (χ3v) is 8.94. The Labute approximate surface area is 247 Å². The number of anilines is 1. The molecule has 2 aliphatic heterocycles. The number of rotatable bonds is 7. The minimum atomic E-state index is -0.469. The molecule has 3 atom stereocenters. The highest BCUT2D eigenvalue weighted by Crippen LogP contribution is 2.31. The first-order valence-corrected chi connectivity index (χ1v) is 15.5. The average Bonchev–Trinajstić information content (AvgIpc) is 3.56. The number of nitrogens with one attached hydrogen (secondary N) is 1. The average molecular weight is 633 g/mol. The van der Waals surface area contributed by atoms with Crippen LogP contribution in [-0.4, -0.2) is 76.8 Å². The summed E-state index contributed by atoms with van der Waals surface area (Å²) in [6, 6.07) is 8.59. The van der Waals surface area contributed by atoms with Gasteiger partial charge in [0.05, 0.1) is 6.61 Å². The van der Waals surface area contributed by atoms with E-state index in [2.05, 4.69) is 62.4 Å². The summed E-state index contributed by atoms with van der Waals surface area (Å²) in [6.45, 7) is 9.62. The fourth-order valence-corrected chi connectivity index (χ4v) is 6.65. The summed E-state index contributed by atoms with van der Waals surface area (Å²) in [4.78, 5) is 34.5. The molecule has 11 heteroatoms. The van der Waals surface area contributed by atoms with E-state index >= 15 is 0 Å². The Balaban J connectivity index is 1.12. The van der Waals surface area contributed by atoms with E-state index in [1.807, 2.05) is 31.1 Å². The van der Waals surface area contributed by atoms with E-state index in [9.17, 15) is 9.59 Å². The first-order chi connectivity index (χ1) is 19.1. The molecular weight excluding hydrogens is 594 g/mol. The lowest BCUT2D eigenvalue weighted by Gasteiger charge is -2.36. The number of likely N-dealkylation sites (tertiary alicyclic amines) is 2. The van der Waals surface area contributed by atoms with Crippen LogP contribution in [0.3, 0.4) is 0 Å². The van der Waals surface area contributed by atoms with E-state index in [4.69, 9.17) is 9.47 Å². The molecule has 9 nitrogen and oxygen atoms in total. The predicted molar refractivity (Wildman–Crippen MR) is 162 cm³/mol. The number of nitrogens with zero attached hydrogens (tertiary/aromatic N) is 4. The number of hydrogen-bond donors (Lipinski definition) is 1. The van der Waals surface area contributed by atoms with Crippen molar-refractivity contribution in [1.29, 1.82) is 0 Å². The third-order valence-electron chi connectivity index (χ3n) is 7.47. The molecule has 216 valence electrons. The van der Waals surface area contributed by atoms with E-state index < -0.39 is 5.60 Å². The molecule has 0 saturated carbocycles. The Morgan fingerprint density at radius 2 is 1.98 bits per heavy atom. The number of aromatic nitrogens is 2. The SMILES string of the molecule is CN1CC(Nc2nc3sccn3c(=O)c2Br)CC(c2ccc(OCCC3CCN(C(=O)OC(C)(C)C)C3)cc2)C1. The molecule has 40 heavy (non-hydrogen) atoms. The van der Waals surface area contributed by atoms with Crippen LogP contribution in [0.4, 0.5) is 10.6 Å². The van der Waals surface area contributed by atoms with Crippen molar-refractivity contribution in [1.82, 2.24) is 19.2 Å². The Morgan fingerprint density at radius 3 is 2.73 bits per heavy atom. The van der Waals surface area contributed by atoms with Gasteiger partial charge in [0.25, 0.3) is 5.56 Å². The molecule has 3 aromatic rings. The van der Waals surface area contributed by atoms with Gasteiger partial charge in [-0.1, -0.05) is 12.1 Å². The Hall–Kier alpha value is -2.63. The van der Waals surface area contributed by atoms with Crippen molar-refractivity contribution in [3.63, 3.8) is 0 Å². The molecule has 2 fully saturated rings. The van der Waals surface area contributed by atoms with Crippen LogP contribution in [0.1, 0.15) is 51.5 Å². The summed E-state index contributed by atoms with van der Waals surface area (Å²) in [5.41, 5.74) is 0.706. The van der Waals surface area contributed by atoms with Gasteiger partial charge in [0, 0.05) is 43.8 Å². The molecule has 4 heterocycles. The van der Waals surface area contributed by atoms with Crippen molar-refractivity contribution in [2.24, 2.45) is 5.92 Å². The number of carbonyl (C=O) groups excluding carboxylic acids is 1. The lowest BCUT2D eigenvalue weighted by atomic mass is 9.88. The quantitative estimate of drug-likeness (QED) is 0.371. The van der Waals surface area contributed by atoms with Gasteiger partial charge in [-0.05, 0) is 92.5 Å². The molecule has 3 unspecified atom stereocenters. The number of thiazole rings is 1. The lowest BCUT2D eigenvalue weighted by molar-refractivity contribution is 0.0286. The molecule has 0 radical (unpaired) electrons. The number of likely N-dealkylation sites (N-methyl/N-ethyl adjacent to an activating group) is 1. The van der Waals surface area contributed by atoms with Crippen molar-refractivity contribution >= 4 is 44.1 Å². The summed E-state index contributed by atoms with van der Waals surface area (Å²) in [5, 5.41) is 5.39. The van der Waals surface area contributed by atoms with Gasteiger partial charge in [0.2, 0.25) is 0 Å². The van der Waals surface area contributed by atoms with Crippen LogP contribution in [0, 0.1) is 5.92 Å². The molecule has 2 aromatic heterocycles. The molecular formula is C29H38BrN5O4S. The number of amides is 1. The first-order valence-electron chi connectivity index (χ1n) is 13.9. The Kier molecular flexibility index (Phi) is 8.72. The topological polar surface area (TPSA) is 88.4 Å². The zero-order chi connectivity index (χ0) is 28.4. The molecule has 0 bridgehead atoms. The fraction of sp³-hybridized carbons (Fsp3) is 0.552. The largest absolute Gasteiger partial charge is 0.494 e. The maximum absolute atomic E-state index is 12.7. The zero-order valence-electron chi connectivity index (χ0n) is 23.6. The summed E-state index contributed by atoms with van der Waals surface area (Å²) in [7, 11) is 2.13. The molecule has 2 aliphatic rings. The first kappa shape index (κ1) is 28.9. The molecule has 1 amide bonds. The lowest BCUT2D eigenvalue weighted by Crippen LogP contribution is -2.43. The number of hydrogen-bond acceptors (Lipinski definition) is 8. The number of ether oxygens (including phenoxy) is 2. The highest BCUT2D eigenvalue weighted by atomic mass is 79.9. The highest BCUT2D eigenvalue weighted by molar-refractivity contribution is 9.10. The predicted octanol–water partition coefficient (Wildman–Crippen LogP) is 5.44. The van der Waals surface area contributed by atoms with E-state index in [0.717, 1.165) is 51.2 Å². The van der Waals surface area contributed by atoms with E-state index in [0.29, 0.717) is 33.7 Å². The third kappa shape index (κ3) is 6.98. The van der Waals surface area contributed by atoms with E-state index in [-0.39, 0.29) is 17.7 Å². The van der Waals surface area contributed by atoms with Gasteiger partial charge < -0.3 is 24.6 Å². The van der Waals surface area contributed by atoms with Crippen molar-refractivity contribution in [2.45, 2.75) is 57.6 Å². The van der Waals surface area contributed by atoms with Gasteiger partial charge in [-0.15, -0.1) is 11.3 Å². The van der Waals surface area contributed by atoms with Crippen LogP contribution in [0.2, 0.25) is 0 Å². The van der Waals surface area contributed by atoms with Crippen molar-refractivity contribution in [3.8, 4) is 5.75 Å². The standard InChI is InChI=1S/C29H38BrN5O4S/c1-29(2,3)39-28(37)34-11-9-19(16-34)10-13-38-23-7-5-20(6-8-23)21-15-22(18-33(4)17-21)31-25-24(30)26(36)35-12-14-40-27(35)32-25/h5-8,12,14,19,21-22,31H,9-11,13,15-18H2,1-4H3. The minimum absolute atomic E-state index is 0.0987. The molecule has 2 saturated heterocycles. The number of fused-ring (bicyclic) bond motifs is 1. The monoisotopic (exact) mass is 631 g/mol. The van der Waals surface area contributed by atoms with Crippen LogP contribution >= 0.6 is 27.3 Å².